The number of carbonyl (C=O) groups excluding carboxylic acids is 1. The highest BCUT2D eigenvalue weighted by Crippen LogP contribution is 2.74. The van der Waals surface area contributed by atoms with Crippen molar-refractivity contribution in [1.29, 1.82) is 0 Å². The number of aromatic nitrogens is 5. The molecule has 3 aliphatic rings. The lowest BCUT2D eigenvalue weighted by molar-refractivity contribution is -0.362. The first-order valence-electron chi connectivity index (χ1n) is 10.2. The molecule has 2 saturated carbocycles. The summed E-state index contributed by atoms with van der Waals surface area (Å²) in [5.41, 5.74) is -0.581. The lowest BCUT2D eigenvalue weighted by Gasteiger charge is -2.70. The number of hydrogen-bond donors (Lipinski definition) is 1. The summed E-state index contributed by atoms with van der Waals surface area (Å²) in [7, 11) is 0. The second-order valence-corrected chi connectivity index (χ2v) is 8.99. The largest absolute Gasteiger partial charge is 0.394 e. The van der Waals surface area contributed by atoms with Crippen LogP contribution in [0.4, 0.5) is 13.2 Å². The minimum Gasteiger partial charge on any atom is -0.338 e. The summed E-state index contributed by atoms with van der Waals surface area (Å²) >= 11 is 0. The predicted molar refractivity (Wildman–Crippen MR) is 102 cm³/mol. The third-order valence-corrected chi connectivity index (χ3v) is 7.50. The quantitative estimate of drug-likeness (QED) is 0.673. The maximum Gasteiger partial charge on any atom is 0.394 e. The molecule has 8 nitrogen and oxygen atoms in total. The number of likely N-dealkylation sites (tertiary alicyclic amines) is 1. The highest BCUT2D eigenvalue weighted by atomic mass is 19.4. The van der Waals surface area contributed by atoms with E-state index in [-0.39, 0.29) is 48.0 Å². The molecule has 2 unspecified atom stereocenters. The molecule has 0 bridgehead atoms. The van der Waals surface area contributed by atoms with E-state index in [9.17, 15) is 22.8 Å². The summed E-state index contributed by atoms with van der Waals surface area (Å²) in [4.78, 5) is 29.7. The van der Waals surface area contributed by atoms with Crippen LogP contribution in [0, 0.1) is 30.1 Å². The number of nitrogens with zero attached hydrogens (tertiary/aromatic N) is 5. The predicted octanol–water partition coefficient (Wildman–Crippen LogP) is 2.18. The van der Waals surface area contributed by atoms with Crippen molar-refractivity contribution >= 4 is 11.4 Å². The Labute approximate surface area is 173 Å². The molecule has 1 amide bonds. The topological polar surface area (TPSA) is 88.3 Å². The first-order valence-corrected chi connectivity index (χ1v) is 10.2. The third-order valence-electron chi connectivity index (χ3n) is 7.50. The van der Waals surface area contributed by atoms with E-state index in [1.54, 1.807) is 30.2 Å². The Kier molecular flexibility index (Phi) is 3.47. The molecule has 0 spiro atoms. The summed E-state index contributed by atoms with van der Waals surface area (Å²) in [5.74, 6) is -0.604. The fourth-order valence-electron chi connectivity index (χ4n) is 6.13. The van der Waals surface area contributed by atoms with Crippen molar-refractivity contribution in [2.45, 2.75) is 25.9 Å². The van der Waals surface area contributed by atoms with Crippen LogP contribution in [0.15, 0.2) is 29.3 Å². The second kappa shape index (κ2) is 5.77. The Morgan fingerprint density at radius 1 is 1.26 bits per heavy atom. The molecule has 6 rings (SSSR count). The smallest absolute Gasteiger partial charge is 0.338 e. The van der Waals surface area contributed by atoms with Crippen LogP contribution in [-0.2, 0) is 0 Å². The third kappa shape index (κ3) is 2.31. The zero-order valence-corrected chi connectivity index (χ0v) is 16.6. The van der Waals surface area contributed by atoms with Crippen molar-refractivity contribution in [2.75, 3.05) is 13.1 Å². The molecule has 1 N–H and O–H groups in total. The van der Waals surface area contributed by atoms with Gasteiger partial charge in [-0.3, -0.25) is 14.6 Å². The maximum atomic E-state index is 13.4. The van der Waals surface area contributed by atoms with Gasteiger partial charge in [0.05, 0.1) is 22.9 Å². The van der Waals surface area contributed by atoms with E-state index in [0.717, 1.165) is 0 Å². The maximum absolute atomic E-state index is 13.4. The molecule has 11 heteroatoms. The molecule has 4 heterocycles. The molecule has 2 aliphatic carbocycles. The van der Waals surface area contributed by atoms with Crippen molar-refractivity contribution in [1.82, 2.24) is 29.3 Å². The fourth-order valence-corrected chi connectivity index (χ4v) is 6.13. The number of piperidine rings is 1. The highest BCUT2D eigenvalue weighted by Gasteiger charge is 2.77. The number of amides is 1. The van der Waals surface area contributed by atoms with Crippen LogP contribution in [0.25, 0.3) is 11.5 Å². The number of halogens is 3. The van der Waals surface area contributed by atoms with Gasteiger partial charge in [0.1, 0.15) is 5.52 Å². The number of hydrogen-bond acceptors (Lipinski definition) is 4. The summed E-state index contributed by atoms with van der Waals surface area (Å²) < 4.78 is 43.1. The van der Waals surface area contributed by atoms with Gasteiger partial charge in [0.2, 0.25) is 5.95 Å². The minimum absolute atomic E-state index is 0.0948. The van der Waals surface area contributed by atoms with Crippen LogP contribution in [0.2, 0.25) is 0 Å². The van der Waals surface area contributed by atoms with E-state index >= 15 is 0 Å². The van der Waals surface area contributed by atoms with Crippen LogP contribution < -0.4 is 5.56 Å². The Morgan fingerprint density at radius 3 is 2.65 bits per heavy atom. The number of carbonyl (C=O) groups is 1. The summed E-state index contributed by atoms with van der Waals surface area (Å²) in [5, 5.41) is 8.55. The molecule has 3 fully saturated rings. The van der Waals surface area contributed by atoms with Gasteiger partial charge in [-0.2, -0.15) is 18.3 Å². The number of fused-ring (bicyclic) bond motifs is 1. The molecule has 3 aromatic rings. The molecule has 0 aromatic carbocycles. The SMILES string of the molecule is Cc1c(C(=O)N2CC3CC4(C(F)(F)F)CC(C2)C34)cnn1-c1nn2cccc2c(=O)[nH]1. The van der Waals surface area contributed by atoms with Crippen molar-refractivity contribution in [2.24, 2.45) is 23.2 Å². The molecular formula is C20H19F3N6O2. The summed E-state index contributed by atoms with van der Waals surface area (Å²) in [6, 6.07) is 3.34. The van der Waals surface area contributed by atoms with Gasteiger partial charge in [-0.25, -0.2) is 9.20 Å². The fraction of sp³-hybridized carbons (Fsp3) is 0.500. The average Bonchev–Trinajstić information content (AvgIpc) is 3.27. The van der Waals surface area contributed by atoms with Gasteiger partial charge >= 0.3 is 6.18 Å². The van der Waals surface area contributed by atoms with Crippen molar-refractivity contribution in [3.8, 4) is 5.95 Å². The van der Waals surface area contributed by atoms with Crippen molar-refractivity contribution in [3.63, 3.8) is 0 Å². The Hall–Kier alpha value is -3.11. The van der Waals surface area contributed by atoms with E-state index in [4.69, 9.17) is 0 Å². The first-order chi connectivity index (χ1) is 14.7. The van der Waals surface area contributed by atoms with E-state index in [2.05, 4.69) is 15.2 Å². The molecule has 0 radical (unpaired) electrons. The van der Waals surface area contributed by atoms with Crippen molar-refractivity contribution in [3.05, 3.63) is 46.1 Å². The van der Waals surface area contributed by atoms with Gasteiger partial charge < -0.3 is 4.90 Å². The van der Waals surface area contributed by atoms with E-state index in [1.165, 1.54) is 15.4 Å². The molecule has 162 valence electrons. The average molecular weight is 432 g/mol. The number of nitrogens with one attached hydrogen (secondary N) is 1. The molecule has 3 aromatic heterocycles. The summed E-state index contributed by atoms with van der Waals surface area (Å²) in [6.07, 6.45) is -0.866. The lowest BCUT2D eigenvalue weighted by Crippen LogP contribution is -2.73. The number of H-pyrrole nitrogens is 1. The normalized spacial score (nSPS) is 29.4. The Balaban J connectivity index is 1.26. The second-order valence-electron chi connectivity index (χ2n) is 8.99. The molecule has 1 saturated heterocycles. The zero-order valence-electron chi connectivity index (χ0n) is 16.6. The zero-order chi connectivity index (χ0) is 21.7. The van der Waals surface area contributed by atoms with E-state index in [1.807, 2.05) is 0 Å². The lowest BCUT2D eigenvalue weighted by atomic mass is 9.37. The monoisotopic (exact) mass is 432 g/mol. The molecule has 31 heavy (non-hydrogen) atoms. The number of aromatic amines is 1. The van der Waals surface area contributed by atoms with E-state index < -0.39 is 11.6 Å². The number of alkyl halides is 3. The van der Waals surface area contributed by atoms with Gasteiger partial charge in [-0.05, 0) is 49.7 Å². The van der Waals surface area contributed by atoms with Gasteiger partial charge in [-0.1, -0.05) is 0 Å². The Morgan fingerprint density at radius 2 is 1.97 bits per heavy atom. The highest BCUT2D eigenvalue weighted by molar-refractivity contribution is 5.95. The van der Waals surface area contributed by atoms with Crippen LogP contribution in [0.5, 0.6) is 0 Å². The van der Waals surface area contributed by atoms with Gasteiger partial charge in [0, 0.05) is 19.3 Å². The van der Waals surface area contributed by atoms with E-state index in [0.29, 0.717) is 29.9 Å². The minimum atomic E-state index is -4.15. The standard InChI is InChI=1S/C20H19F3N6O2/c1-10-13(7-24-29(10)18-25-16(30)14-3-2-4-28(14)26-18)17(31)27-8-11-5-19(20(21,22)23)6-12(9-27)15(11)19/h2-4,7,11-12,15H,5-6,8-9H2,1H3,(H,25,26,30). The van der Waals surface area contributed by atoms with Gasteiger partial charge in [0.15, 0.2) is 0 Å². The summed E-state index contributed by atoms with van der Waals surface area (Å²) in [6.45, 7) is 2.38. The number of rotatable bonds is 2. The van der Waals surface area contributed by atoms with Crippen LogP contribution in [0.1, 0.15) is 28.9 Å². The molecular weight excluding hydrogens is 413 g/mol. The Bertz CT molecular complexity index is 1270. The van der Waals surface area contributed by atoms with Gasteiger partial charge in [-0.15, -0.1) is 5.10 Å². The van der Waals surface area contributed by atoms with Crippen LogP contribution in [-0.4, -0.2) is 54.5 Å². The first kappa shape index (κ1) is 18.6. The molecule has 1 aliphatic heterocycles. The van der Waals surface area contributed by atoms with Crippen LogP contribution in [0.3, 0.4) is 0 Å². The van der Waals surface area contributed by atoms with Crippen LogP contribution >= 0.6 is 0 Å². The molecule has 2 atom stereocenters. The van der Waals surface area contributed by atoms with Gasteiger partial charge in [0.25, 0.3) is 11.5 Å². The van der Waals surface area contributed by atoms with Crippen molar-refractivity contribution < 1.29 is 18.0 Å².